The van der Waals surface area contributed by atoms with E-state index in [9.17, 15) is 4.79 Å². The predicted octanol–water partition coefficient (Wildman–Crippen LogP) is 8.78. The van der Waals surface area contributed by atoms with Gasteiger partial charge in [0.25, 0.3) is 0 Å². The lowest BCUT2D eigenvalue weighted by molar-refractivity contribution is -0.147. The molecular formula is C25H50O2. The molecule has 0 radical (unpaired) electrons. The third-order valence-corrected chi connectivity index (χ3v) is 5.91. The Morgan fingerprint density at radius 3 is 1.22 bits per heavy atom. The fourth-order valence-corrected chi connectivity index (χ4v) is 3.70. The van der Waals surface area contributed by atoms with Crippen LogP contribution >= 0.6 is 0 Å². The molecule has 0 atom stereocenters. The fraction of sp³-hybridized carbons (Fsp3) is 0.960. The van der Waals surface area contributed by atoms with Gasteiger partial charge in [0.05, 0.1) is 5.41 Å². The molecule has 162 valence electrons. The topological polar surface area (TPSA) is 37.3 Å². The first-order chi connectivity index (χ1) is 12.9. The van der Waals surface area contributed by atoms with Crippen molar-refractivity contribution in [1.82, 2.24) is 0 Å². The van der Waals surface area contributed by atoms with Crippen molar-refractivity contribution in [2.45, 2.75) is 143 Å². The highest BCUT2D eigenvalue weighted by Crippen LogP contribution is 2.24. The monoisotopic (exact) mass is 382 g/mol. The number of hydrogen-bond acceptors (Lipinski definition) is 1. The molecule has 0 aliphatic rings. The molecular weight excluding hydrogens is 332 g/mol. The average molecular weight is 383 g/mol. The summed E-state index contributed by atoms with van der Waals surface area (Å²) < 4.78 is 0. The van der Waals surface area contributed by atoms with Crippen LogP contribution in [0.15, 0.2) is 0 Å². The van der Waals surface area contributed by atoms with Crippen molar-refractivity contribution in [3.63, 3.8) is 0 Å². The highest BCUT2D eigenvalue weighted by Gasteiger charge is 2.25. The first-order valence-corrected chi connectivity index (χ1v) is 12.1. The Hall–Kier alpha value is -0.530. The normalized spacial score (nSPS) is 12.0. The van der Waals surface area contributed by atoms with Gasteiger partial charge in [-0.3, -0.25) is 4.79 Å². The Morgan fingerprint density at radius 2 is 0.926 bits per heavy atom. The summed E-state index contributed by atoms with van der Waals surface area (Å²) >= 11 is 0. The van der Waals surface area contributed by atoms with E-state index in [4.69, 9.17) is 5.11 Å². The van der Waals surface area contributed by atoms with Crippen LogP contribution in [-0.2, 0) is 4.79 Å². The van der Waals surface area contributed by atoms with Gasteiger partial charge in [-0.05, 0) is 26.2 Å². The van der Waals surface area contributed by atoms with Crippen LogP contribution in [-0.4, -0.2) is 11.1 Å². The zero-order valence-corrected chi connectivity index (χ0v) is 19.2. The van der Waals surface area contributed by atoms with Crippen LogP contribution in [0.25, 0.3) is 0 Å². The standard InChI is InChI=1S/C25H50O2/c1-23(2)21-19-17-15-13-11-9-7-5-6-8-10-12-14-16-18-20-22-25(3,4)24(26)27/h23H,5-22H2,1-4H3,(H,26,27). The van der Waals surface area contributed by atoms with Gasteiger partial charge in [0.2, 0.25) is 0 Å². The minimum absolute atomic E-state index is 0.548. The van der Waals surface area contributed by atoms with Crippen molar-refractivity contribution in [3.8, 4) is 0 Å². The molecule has 0 heterocycles. The van der Waals surface area contributed by atoms with Crippen molar-refractivity contribution >= 4 is 5.97 Å². The predicted molar refractivity (Wildman–Crippen MR) is 119 cm³/mol. The summed E-state index contributed by atoms with van der Waals surface area (Å²) in [5, 5.41) is 9.09. The van der Waals surface area contributed by atoms with E-state index in [1.54, 1.807) is 0 Å². The summed E-state index contributed by atoms with van der Waals surface area (Å²) in [5.74, 6) is 0.213. The van der Waals surface area contributed by atoms with E-state index in [1.807, 2.05) is 13.8 Å². The molecule has 0 unspecified atom stereocenters. The lowest BCUT2D eigenvalue weighted by Gasteiger charge is -2.18. The van der Waals surface area contributed by atoms with E-state index in [0.29, 0.717) is 0 Å². The summed E-state index contributed by atoms with van der Waals surface area (Å²) in [6.07, 6.45) is 24.1. The molecule has 0 aliphatic carbocycles. The molecule has 0 spiro atoms. The third kappa shape index (κ3) is 18.6. The second-order valence-corrected chi connectivity index (χ2v) is 9.78. The average Bonchev–Trinajstić information content (AvgIpc) is 2.60. The SMILES string of the molecule is CC(C)CCCCCCCCCCCCCCCCCCC(C)(C)C(=O)O. The maximum Gasteiger partial charge on any atom is 0.309 e. The molecule has 0 aliphatic heterocycles. The number of hydrogen-bond donors (Lipinski definition) is 1. The van der Waals surface area contributed by atoms with E-state index >= 15 is 0 Å². The minimum Gasteiger partial charge on any atom is -0.481 e. The van der Waals surface area contributed by atoms with Crippen molar-refractivity contribution < 1.29 is 9.90 Å². The van der Waals surface area contributed by atoms with Crippen molar-refractivity contribution in [2.24, 2.45) is 11.3 Å². The van der Waals surface area contributed by atoms with Crippen LogP contribution in [0.2, 0.25) is 0 Å². The molecule has 0 bridgehead atoms. The summed E-state index contributed by atoms with van der Waals surface area (Å²) in [6, 6.07) is 0. The maximum atomic E-state index is 11.0. The van der Waals surface area contributed by atoms with Crippen molar-refractivity contribution in [2.75, 3.05) is 0 Å². The van der Waals surface area contributed by atoms with Crippen LogP contribution in [0.3, 0.4) is 0 Å². The van der Waals surface area contributed by atoms with E-state index in [2.05, 4.69) is 13.8 Å². The van der Waals surface area contributed by atoms with Crippen LogP contribution in [0.4, 0.5) is 0 Å². The molecule has 0 rings (SSSR count). The fourth-order valence-electron chi connectivity index (χ4n) is 3.70. The lowest BCUT2D eigenvalue weighted by atomic mass is 9.87. The highest BCUT2D eigenvalue weighted by molar-refractivity contribution is 5.73. The lowest BCUT2D eigenvalue weighted by Crippen LogP contribution is -2.23. The molecule has 2 nitrogen and oxygen atoms in total. The van der Waals surface area contributed by atoms with Gasteiger partial charge in [0.15, 0.2) is 0 Å². The quantitative estimate of drug-likeness (QED) is 0.214. The Balaban J connectivity index is 3.14. The summed E-state index contributed by atoms with van der Waals surface area (Å²) in [5.41, 5.74) is -0.548. The molecule has 0 saturated carbocycles. The maximum absolute atomic E-state index is 11.0. The third-order valence-electron chi connectivity index (χ3n) is 5.91. The number of unbranched alkanes of at least 4 members (excludes halogenated alkanes) is 15. The number of carbonyl (C=O) groups is 1. The van der Waals surface area contributed by atoms with Gasteiger partial charge in [-0.1, -0.05) is 123 Å². The van der Waals surface area contributed by atoms with Crippen LogP contribution < -0.4 is 0 Å². The zero-order chi connectivity index (χ0) is 20.4. The van der Waals surface area contributed by atoms with Gasteiger partial charge < -0.3 is 5.11 Å². The Kier molecular flexibility index (Phi) is 17.2. The van der Waals surface area contributed by atoms with Gasteiger partial charge in [0.1, 0.15) is 0 Å². The molecule has 1 N–H and O–H groups in total. The first kappa shape index (κ1) is 26.5. The molecule has 0 aromatic carbocycles. The van der Waals surface area contributed by atoms with Gasteiger partial charge in [-0.15, -0.1) is 0 Å². The van der Waals surface area contributed by atoms with Gasteiger partial charge in [-0.25, -0.2) is 0 Å². The molecule has 0 saturated heterocycles. The molecule has 2 heteroatoms. The first-order valence-electron chi connectivity index (χ1n) is 12.1. The summed E-state index contributed by atoms with van der Waals surface area (Å²) in [6.45, 7) is 8.32. The van der Waals surface area contributed by atoms with Crippen LogP contribution in [0, 0.1) is 11.3 Å². The Labute approximate surface area is 170 Å². The molecule has 27 heavy (non-hydrogen) atoms. The zero-order valence-electron chi connectivity index (χ0n) is 19.2. The van der Waals surface area contributed by atoms with Crippen LogP contribution in [0.5, 0.6) is 0 Å². The second-order valence-electron chi connectivity index (χ2n) is 9.78. The Bertz CT molecular complexity index is 333. The number of carboxylic acids is 1. The molecule has 0 fully saturated rings. The molecule has 0 aromatic rings. The Morgan fingerprint density at radius 1 is 0.630 bits per heavy atom. The van der Waals surface area contributed by atoms with E-state index < -0.39 is 11.4 Å². The van der Waals surface area contributed by atoms with Gasteiger partial charge >= 0.3 is 5.97 Å². The summed E-state index contributed by atoms with van der Waals surface area (Å²) in [4.78, 5) is 11.0. The van der Waals surface area contributed by atoms with E-state index in [1.165, 1.54) is 103 Å². The van der Waals surface area contributed by atoms with E-state index in [0.717, 1.165) is 18.8 Å². The van der Waals surface area contributed by atoms with Gasteiger partial charge in [-0.2, -0.15) is 0 Å². The number of rotatable bonds is 20. The van der Waals surface area contributed by atoms with Crippen LogP contribution in [0.1, 0.15) is 143 Å². The van der Waals surface area contributed by atoms with Crippen molar-refractivity contribution in [1.29, 1.82) is 0 Å². The minimum atomic E-state index is -0.663. The molecule has 0 aromatic heterocycles. The second kappa shape index (κ2) is 17.6. The number of carboxylic acid groups (broad SMARTS) is 1. The summed E-state index contributed by atoms with van der Waals surface area (Å²) in [7, 11) is 0. The number of aliphatic carboxylic acids is 1. The van der Waals surface area contributed by atoms with E-state index in [-0.39, 0.29) is 0 Å². The van der Waals surface area contributed by atoms with Gasteiger partial charge in [0, 0.05) is 0 Å². The largest absolute Gasteiger partial charge is 0.481 e. The smallest absolute Gasteiger partial charge is 0.309 e. The van der Waals surface area contributed by atoms with Crippen molar-refractivity contribution in [3.05, 3.63) is 0 Å². The molecule has 0 amide bonds. The highest BCUT2D eigenvalue weighted by atomic mass is 16.4.